The minimum absolute atomic E-state index is 0.183. The molecule has 194 valence electrons. The van der Waals surface area contributed by atoms with Crippen LogP contribution in [0.25, 0.3) is 22.0 Å². The van der Waals surface area contributed by atoms with E-state index in [2.05, 4.69) is 60.9 Å². The number of Topliss-reactive ketones (excluding diaryl/α,β-unsaturated/α-hetero) is 1. The lowest BCUT2D eigenvalue weighted by atomic mass is 9.92. The van der Waals surface area contributed by atoms with Gasteiger partial charge < -0.3 is 9.64 Å². The van der Waals surface area contributed by atoms with Crippen LogP contribution in [-0.2, 0) is 4.74 Å². The quantitative estimate of drug-likeness (QED) is 0.393. The summed E-state index contributed by atoms with van der Waals surface area (Å²) in [4.78, 5) is 23.3. The van der Waals surface area contributed by atoms with Crippen molar-refractivity contribution < 1.29 is 9.53 Å². The minimum atomic E-state index is 0.183. The molecule has 0 N–H and O–H groups in total. The summed E-state index contributed by atoms with van der Waals surface area (Å²) in [6, 6.07) is 11.2. The molecule has 5 heteroatoms. The number of piperidine rings is 1. The number of aryl methyl sites for hydroxylation is 2. The van der Waals surface area contributed by atoms with Crippen LogP contribution in [0.15, 0.2) is 36.5 Å². The summed E-state index contributed by atoms with van der Waals surface area (Å²) < 4.78 is 5.54. The molecule has 3 fully saturated rings. The number of fused-ring (bicyclic) bond motifs is 1. The largest absolute Gasteiger partial charge is 0.379 e. The molecule has 0 bridgehead atoms. The number of aromatic nitrogens is 1. The Labute approximate surface area is 220 Å². The van der Waals surface area contributed by atoms with E-state index in [0.29, 0.717) is 5.92 Å². The van der Waals surface area contributed by atoms with Crippen molar-refractivity contribution in [2.24, 2.45) is 11.8 Å². The monoisotopic (exact) mass is 497 g/mol. The molecule has 0 atom stereocenters. The van der Waals surface area contributed by atoms with Crippen LogP contribution in [0, 0.1) is 32.6 Å². The number of hydrogen-bond acceptors (Lipinski definition) is 5. The van der Waals surface area contributed by atoms with Gasteiger partial charge in [0.1, 0.15) is 0 Å². The molecule has 1 aromatic heterocycles. The van der Waals surface area contributed by atoms with E-state index in [1.54, 1.807) is 0 Å². The van der Waals surface area contributed by atoms with Gasteiger partial charge in [0, 0.05) is 50.2 Å². The highest BCUT2D eigenvalue weighted by molar-refractivity contribution is 6.10. The number of rotatable bonds is 6. The van der Waals surface area contributed by atoms with E-state index in [1.807, 2.05) is 6.20 Å². The Kier molecular flexibility index (Phi) is 6.76. The van der Waals surface area contributed by atoms with Gasteiger partial charge in [0.2, 0.25) is 0 Å². The number of benzene rings is 2. The van der Waals surface area contributed by atoms with Gasteiger partial charge >= 0.3 is 0 Å². The Morgan fingerprint density at radius 2 is 1.62 bits per heavy atom. The number of nitrogens with zero attached hydrogens (tertiary/aromatic N) is 3. The maximum absolute atomic E-state index is 13.4. The van der Waals surface area contributed by atoms with Crippen LogP contribution in [0.2, 0.25) is 0 Å². The van der Waals surface area contributed by atoms with Crippen molar-refractivity contribution in [2.45, 2.75) is 46.5 Å². The van der Waals surface area contributed by atoms with Crippen molar-refractivity contribution in [2.75, 3.05) is 50.8 Å². The molecule has 3 aromatic rings. The molecule has 2 saturated heterocycles. The zero-order valence-corrected chi connectivity index (χ0v) is 22.6. The summed E-state index contributed by atoms with van der Waals surface area (Å²) >= 11 is 0. The van der Waals surface area contributed by atoms with Crippen molar-refractivity contribution in [3.63, 3.8) is 0 Å². The third kappa shape index (κ3) is 5.04. The van der Waals surface area contributed by atoms with Crippen LogP contribution in [0.3, 0.4) is 0 Å². The van der Waals surface area contributed by atoms with Crippen molar-refractivity contribution >= 4 is 22.4 Å². The first-order chi connectivity index (χ1) is 18.0. The van der Waals surface area contributed by atoms with Crippen molar-refractivity contribution in [1.29, 1.82) is 0 Å². The first-order valence-corrected chi connectivity index (χ1v) is 14.1. The van der Waals surface area contributed by atoms with E-state index in [9.17, 15) is 4.79 Å². The standard InChI is InChI=1S/C32H39N3O2/c1-21-16-27(17-22(2)23(21)3)26-6-7-30-28(18-26)31(29(19-33-30)32(36)25-4-5-25)35-10-8-24(9-11-35)20-34-12-14-37-15-13-34/h6-7,16-19,24-25H,4-5,8-15,20H2,1-3H3. The van der Waals surface area contributed by atoms with Crippen LogP contribution in [0.5, 0.6) is 0 Å². The Hall–Kier alpha value is -2.76. The highest BCUT2D eigenvalue weighted by Gasteiger charge is 2.34. The number of hydrogen-bond donors (Lipinski definition) is 0. The fourth-order valence-electron chi connectivity index (χ4n) is 6.13. The molecule has 0 radical (unpaired) electrons. The molecule has 0 unspecified atom stereocenters. The normalized spacial score (nSPS) is 19.5. The Balaban J connectivity index is 1.35. The molecule has 1 aliphatic carbocycles. The average Bonchev–Trinajstić information content (AvgIpc) is 3.77. The minimum Gasteiger partial charge on any atom is -0.379 e. The zero-order valence-electron chi connectivity index (χ0n) is 22.6. The topological polar surface area (TPSA) is 45.7 Å². The highest BCUT2D eigenvalue weighted by Crippen LogP contribution is 2.40. The molecule has 0 amide bonds. The molecule has 3 aliphatic rings. The molecule has 6 rings (SSSR count). The molecule has 37 heavy (non-hydrogen) atoms. The number of ether oxygens (including phenoxy) is 1. The van der Waals surface area contributed by atoms with Gasteiger partial charge in [-0.05, 0) is 92.3 Å². The summed E-state index contributed by atoms with van der Waals surface area (Å²) in [6.45, 7) is 13.5. The maximum Gasteiger partial charge on any atom is 0.169 e. The smallest absolute Gasteiger partial charge is 0.169 e. The van der Waals surface area contributed by atoms with Crippen LogP contribution in [-0.4, -0.2) is 61.6 Å². The number of anilines is 1. The molecule has 0 spiro atoms. The fourth-order valence-corrected chi connectivity index (χ4v) is 6.13. The lowest BCUT2D eigenvalue weighted by molar-refractivity contribution is 0.0289. The van der Waals surface area contributed by atoms with Crippen molar-refractivity contribution in [3.05, 3.63) is 58.8 Å². The van der Waals surface area contributed by atoms with E-state index in [4.69, 9.17) is 9.72 Å². The predicted molar refractivity (Wildman–Crippen MR) is 151 cm³/mol. The Morgan fingerprint density at radius 1 is 0.919 bits per heavy atom. The maximum atomic E-state index is 13.4. The summed E-state index contributed by atoms with van der Waals surface area (Å²) in [6.07, 6.45) is 6.21. The molecular weight excluding hydrogens is 458 g/mol. The summed E-state index contributed by atoms with van der Waals surface area (Å²) in [7, 11) is 0. The van der Waals surface area contributed by atoms with Gasteiger partial charge in [-0.3, -0.25) is 14.7 Å². The van der Waals surface area contributed by atoms with Gasteiger partial charge in [-0.15, -0.1) is 0 Å². The second kappa shape index (κ2) is 10.2. The van der Waals surface area contributed by atoms with Crippen molar-refractivity contribution in [1.82, 2.24) is 9.88 Å². The predicted octanol–water partition coefficient (Wildman–Crippen LogP) is 5.97. The molecule has 3 heterocycles. The van der Waals surface area contributed by atoms with Gasteiger partial charge in [-0.25, -0.2) is 0 Å². The Morgan fingerprint density at radius 3 is 2.30 bits per heavy atom. The first kappa shape index (κ1) is 24.6. The van der Waals surface area contributed by atoms with E-state index in [0.717, 1.165) is 87.2 Å². The van der Waals surface area contributed by atoms with Crippen LogP contribution >= 0.6 is 0 Å². The summed E-state index contributed by atoms with van der Waals surface area (Å²) in [5.74, 6) is 1.17. The fraction of sp³-hybridized carbons (Fsp3) is 0.500. The van der Waals surface area contributed by atoms with Gasteiger partial charge in [0.25, 0.3) is 0 Å². The first-order valence-electron chi connectivity index (χ1n) is 14.1. The SMILES string of the molecule is Cc1cc(-c2ccc3ncc(C(=O)C4CC4)c(N4CCC(CN5CCOCC5)CC4)c3c2)cc(C)c1C. The zero-order chi connectivity index (χ0) is 25.5. The molecular formula is C32H39N3O2. The second-order valence-electron chi connectivity index (χ2n) is 11.5. The highest BCUT2D eigenvalue weighted by atomic mass is 16.5. The number of pyridine rings is 1. The van der Waals surface area contributed by atoms with Gasteiger partial charge in [0.15, 0.2) is 5.78 Å². The third-order valence-corrected chi connectivity index (χ3v) is 8.86. The lowest BCUT2D eigenvalue weighted by Gasteiger charge is -2.38. The number of carbonyl (C=O) groups excluding carboxylic acids is 1. The van der Waals surface area contributed by atoms with Gasteiger partial charge in [-0.1, -0.05) is 18.2 Å². The van der Waals surface area contributed by atoms with E-state index in [-0.39, 0.29) is 11.7 Å². The van der Waals surface area contributed by atoms with Gasteiger partial charge in [-0.2, -0.15) is 0 Å². The van der Waals surface area contributed by atoms with Crippen LogP contribution < -0.4 is 4.90 Å². The number of carbonyl (C=O) groups is 1. The summed E-state index contributed by atoms with van der Waals surface area (Å²) in [5.41, 5.74) is 9.33. The van der Waals surface area contributed by atoms with Crippen molar-refractivity contribution in [3.8, 4) is 11.1 Å². The second-order valence-corrected chi connectivity index (χ2v) is 11.5. The number of ketones is 1. The average molecular weight is 498 g/mol. The third-order valence-electron chi connectivity index (χ3n) is 8.86. The molecule has 1 saturated carbocycles. The van der Waals surface area contributed by atoms with E-state index in [1.165, 1.54) is 34.4 Å². The van der Waals surface area contributed by atoms with Gasteiger partial charge in [0.05, 0.1) is 30.0 Å². The van der Waals surface area contributed by atoms with E-state index >= 15 is 0 Å². The molecule has 5 nitrogen and oxygen atoms in total. The van der Waals surface area contributed by atoms with Crippen LogP contribution in [0.1, 0.15) is 52.7 Å². The van der Waals surface area contributed by atoms with E-state index < -0.39 is 0 Å². The molecule has 2 aliphatic heterocycles. The number of morpholine rings is 1. The van der Waals surface area contributed by atoms with Crippen LogP contribution in [0.4, 0.5) is 5.69 Å². The molecule has 2 aromatic carbocycles. The Bertz CT molecular complexity index is 1290. The lowest BCUT2D eigenvalue weighted by Crippen LogP contribution is -2.43. The summed E-state index contributed by atoms with van der Waals surface area (Å²) in [5, 5.41) is 1.12.